The summed E-state index contributed by atoms with van der Waals surface area (Å²) in [6, 6.07) is 12.6. The van der Waals surface area contributed by atoms with E-state index in [9.17, 15) is 18.0 Å². The number of carbonyl (C=O) groups excluding carboxylic acids is 1. The first-order valence-corrected chi connectivity index (χ1v) is 11.3. The number of rotatable bonds is 3. The molecule has 1 atom stereocenters. The van der Waals surface area contributed by atoms with Crippen LogP contribution in [0.15, 0.2) is 59.8 Å². The Balaban J connectivity index is 1.53. The van der Waals surface area contributed by atoms with Gasteiger partial charge in [0.2, 0.25) is 0 Å². The Morgan fingerprint density at radius 1 is 1.09 bits per heavy atom. The van der Waals surface area contributed by atoms with Crippen LogP contribution in [0, 0.1) is 0 Å². The van der Waals surface area contributed by atoms with Gasteiger partial charge in [-0.2, -0.15) is 18.3 Å². The zero-order valence-electron chi connectivity index (χ0n) is 17.9. The van der Waals surface area contributed by atoms with Gasteiger partial charge < -0.3 is 10.6 Å². The van der Waals surface area contributed by atoms with Crippen LogP contribution in [-0.2, 0) is 23.8 Å². The highest BCUT2D eigenvalue weighted by molar-refractivity contribution is 6.42. The van der Waals surface area contributed by atoms with E-state index < -0.39 is 17.9 Å². The normalized spacial score (nSPS) is 17.9. The number of halogens is 5. The lowest BCUT2D eigenvalue weighted by molar-refractivity contribution is -0.141. The molecular formula is C24H19Cl2F3N4O. The van der Waals surface area contributed by atoms with Gasteiger partial charge in [0.05, 0.1) is 15.6 Å². The van der Waals surface area contributed by atoms with Gasteiger partial charge in [0.1, 0.15) is 11.9 Å². The number of amides is 1. The van der Waals surface area contributed by atoms with E-state index >= 15 is 0 Å². The van der Waals surface area contributed by atoms with Crippen LogP contribution in [0.25, 0.3) is 0 Å². The first-order chi connectivity index (χ1) is 16.1. The molecule has 34 heavy (non-hydrogen) atoms. The van der Waals surface area contributed by atoms with Crippen LogP contribution in [0.3, 0.4) is 0 Å². The minimum atomic E-state index is -4.64. The van der Waals surface area contributed by atoms with E-state index in [0.717, 1.165) is 6.07 Å². The smallest absolute Gasteiger partial charge is 0.349 e. The van der Waals surface area contributed by atoms with Gasteiger partial charge in [0, 0.05) is 17.8 Å². The Bertz CT molecular complexity index is 1310. The summed E-state index contributed by atoms with van der Waals surface area (Å²) in [5.74, 6) is -0.251. The molecule has 0 radical (unpaired) electrons. The molecule has 3 aromatic rings. The number of anilines is 1. The lowest BCUT2D eigenvalue weighted by atomic mass is 9.94. The number of aromatic nitrogens is 2. The molecule has 0 fully saturated rings. The van der Waals surface area contributed by atoms with E-state index in [1.807, 2.05) is 24.3 Å². The van der Waals surface area contributed by atoms with Crippen molar-refractivity contribution in [3.05, 3.63) is 92.2 Å². The summed E-state index contributed by atoms with van der Waals surface area (Å²) >= 11 is 12.3. The number of allylic oxidation sites excluding steroid dienone is 1. The predicted molar refractivity (Wildman–Crippen MR) is 124 cm³/mol. The fourth-order valence-electron chi connectivity index (χ4n) is 4.62. The Morgan fingerprint density at radius 2 is 1.76 bits per heavy atom. The zero-order chi connectivity index (χ0) is 24.2. The van der Waals surface area contributed by atoms with Crippen LogP contribution in [0.1, 0.15) is 35.3 Å². The molecule has 1 aromatic heterocycles. The predicted octanol–water partition coefficient (Wildman–Crippen LogP) is 5.78. The van der Waals surface area contributed by atoms with Crippen LogP contribution >= 0.6 is 23.2 Å². The van der Waals surface area contributed by atoms with Gasteiger partial charge >= 0.3 is 6.18 Å². The van der Waals surface area contributed by atoms with Crippen LogP contribution in [-0.4, -0.2) is 21.7 Å². The quantitative estimate of drug-likeness (QED) is 0.473. The first kappa shape index (κ1) is 22.8. The molecule has 0 bridgehead atoms. The topological polar surface area (TPSA) is 59.0 Å². The molecule has 176 valence electrons. The Morgan fingerprint density at radius 3 is 2.38 bits per heavy atom. The third-order valence-electron chi connectivity index (χ3n) is 6.15. The molecule has 5 rings (SSSR count). The average molecular weight is 507 g/mol. The van der Waals surface area contributed by atoms with E-state index in [1.165, 1.54) is 15.8 Å². The molecule has 2 N–H and O–H groups in total. The van der Waals surface area contributed by atoms with E-state index in [1.54, 1.807) is 25.1 Å². The van der Waals surface area contributed by atoms with E-state index in [4.69, 9.17) is 23.2 Å². The monoisotopic (exact) mass is 506 g/mol. The highest BCUT2D eigenvalue weighted by Crippen LogP contribution is 2.40. The van der Waals surface area contributed by atoms with Gasteiger partial charge in [-0.3, -0.25) is 4.79 Å². The number of benzene rings is 2. The van der Waals surface area contributed by atoms with Crippen LogP contribution < -0.4 is 10.6 Å². The standard InChI is InChI=1S/C24H19Cl2F3N4O/c1-12-21(23(34)31-16-8-13-4-2-3-5-14(13)9-16)22(15-6-7-17(25)18(26)10-15)33-20(30-12)11-19(32-33)24(27,28)29/h2-7,10-11,16,22,30H,8-9H2,1H3,(H,31,34). The van der Waals surface area contributed by atoms with Crippen molar-refractivity contribution in [2.45, 2.75) is 38.0 Å². The van der Waals surface area contributed by atoms with Gasteiger partial charge in [-0.15, -0.1) is 0 Å². The number of fused-ring (bicyclic) bond motifs is 2. The maximum atomic E-state index is 13.5. The molecule has 1 aliphatic carbocycles. The number of hydrogen-bond donors (Lipinski definition) is 2. The molecule has 0 saturated heterocycles. The van der Waals surface area contributed by atoms with Crippen molar-refractivity contribution in [2.75, 3.05) is 5.32 Å². The van der Waals surface area contributed by atoms with Crippen molar-refractivity contribution >= 4 is 34.9 Å². The van der Waals surface area contributed by atoms with Crippen molar-refractivity contribution in [1.82, 2.24) is 15.1 Å². The molecule has 10 heteroatoms. The van der Waals surface area contributed by atoms with Crippen LogP contribution in [0.5, 0.6) is 0 Å². The van der Waals surface area contributed by atoms with Gasteiger partial charge in [0.15, 0.2) is 5.69 Å². The number of nitrogens with one attached hydrogen (secondary N) is 2. The van der Waals surface area contributed by atoms with Gasteiger partial charge in [0.25, 0.3) is 5.91 Å². The third-order valence-corrected chi connectivity index (χ3v) is 6.89. The van der Waals surface area contributed by atoms with Crippen molar-refractivity contribution in [1.29, 1.82) is 0 Å². The Kier molecular flexibility index (Phi) is 5.61. The molecule has 2 aromatic carbocycles. The fraction of sp³-hybridized carbons (Fsp3) is 0.250. The lowest BCUT2D eigenvalue weighted by Crippen LogP contribution is -2.40. The Labute approximate surface area is 203 Å². The van der Waals surface area contributed by atoms with Crippen molar-refractivity contribution in [3.8, 4) is 0 Å². The Hall–Kier alpha value is -2.97. The molecule has 5 nitrogen and oxygen atoms in total. The molecule has 2 aliphatic rings. The fourth-order valence-corrected chi connectivity index (χ4v) is 4.93. The number of nitrogens with zero attached hydrogens (tertiary/aromatic N) is 2. The molecule has 0 spiro atoms. The summed E-state index contributed by atoms with van der Waals surface area (Å²) in [6.45, 7) is 1.66. The van der Waals surface area contributed by atoms with E-state index in [0.29, 0.717) is 29.1 Å². The maximum Gasteiger partial charge on any atom is 0.435 e. The molecule has 0 saturated carbocycles. The van der Waals surface area contributed by atoms with E-state index in [2.05, 4.69) is 15.7 Å². The third kappa shape index (κ3) is 4.05. The second kappa shape index (κ2) is 8.36. The summed E-state index contributed by atoms with van der Waals surface area (Å²) < 4.78 is 41.5. The van der Waals surface area contributed by atoms with Crippen molar-refractivity contribution < 1.29 is 18.0 Å². The van der Waals surface area contributed by atoms with E-state index in [-0.39, 0.29) is 28.4 Å². The number of alkyl halides is 3. The maximum absolute atomic E-state index is 13.5. The second-order valence-electron chi connectivity index (χ2n) is 8.44. The molecule has 1 unspecified atom stereocenters. The van der Waals surface area contributed by atoms with Crippen molar-refractivity contribution in [2.24, 2.45) is 0 Å². The number of hydrogen-bond acceptors (Lipinski definition) is 3. The largest absolute Gasteiger partial charge is 0.435 e. The molecular weight excluding hydrogens is 488 g/mol. The average Bonchev–Trinajstić information content (AvgIpc) is 3.38. The SMILES string of the molecule is CC1=C(C(=O)NC2Cc3ccccc3C2)C(c2ccc(Cl)c(Cl)c2)n2nc(C(F)(F)F)cc2N1. The van der Waals surface area contributed by atoms with Gasteiger partial charge in [-0.1, -0.05) is 53.5 Å². The minimum absolute atomic E-state index is 0.121. The minimum Gasteiger partial charge on any atom is -0.349 e. The van der Waals surface area contributed by atoms with Crippen LogP contribution in [0.2, 0.25) is 10.0 Å². The summed E-state index contributed by atoms with van der Waals surface area (Å²) in [5, 5.41) is 10.3. The second-order valence-corrected chi connectivity index (χ2v) is 9.26. The summed E-state index contributed by atoms with van der Waals surface area (Å²) in [6.07, 6.45) is -3.27. The summed E-state index contributed by atoms with van der Waals surface area (Å²) in [4.78, 5) is 13.5. The number of carbonyl (C=O) groups is 1. The zero-order valence-corrected chi connectivity index (χ0v) is 19.4. The first-order valence-electron chi connectivity index (χ1n) is 10.6. The molecule has 2 heterocycles. The van der Waals surface area contributed by atoms with Crippen LogP contribution in [0.4, 0.5) is 19.0 Å². The molecule has 1 amide bonds. The summed E-state index contributed by atoms with van der Waals surface area (Å²) in [5.41, 5.74) is 2.48. The van der Waals surface area contributed by atoms with Gasteiger partial charge in [-0.05, 0) is 48.6 Å². The van der Waals surface area contributed by atoms with Gasteiger partial charge in [-0.25, -0.2) is 4.68 Å². The molecule has 1 aliphatic heterocycles. The summed E-state index contributed by atoms with van der Waals surface area (Å²) in [7, 11) is 0. The van der Waals surface area contributed by atoms with Crippen molar-refractivity contribution in [3.63, 3.8) is 0 Å². The highest BCUT2D eigenvalue weighted by Gasteiger charge is 2.40. The highest BCUT2D eigenvalue weighted by atomic mass is 35.5. The lowest BCUT2D eigenvalue weighted by Gasteiger charge is -2.30.